The zero-order valence-electron chi connectivity index (χ0n) is 23.3. The number of ether oxygens (including phenoxy) is 2. The van der Waals surface area contributed by atoms with Gasteiger partial charge in [0, 0.05) is 39.2 Å². The van der Waals surface area contributed by atoms with Crippen LogP contribution >= 0.6 is 23.5 Å². The molecule has 0 saturated carbocycles. The van der Waals surface area contributed by atoms with E-state index in [2.05, 4.69) is 75.8 Å². The molecule has 1 saturated heterocycles. The van der Waals surface area contributed by atoms with Crippen molar-refractivity contribution >= 4 is 52.2 Å². The number of fused-ring (bicyclic) bond motifs is 4. The van der Waals surface area contributed by atoms with E-state index < -0.39 is 0 Å². The van der Waals surface area contributed by atoms with Gasteiger partial charge in [-0.15, -0.1) is 0 Å². The molecule has 3 heterocycles. The van der Waals surface area contributed by atoms with Gasteiger partial charge in [0.05, 0.1) is 41.9 Å². The van der Waals surface area contributed by atoms with Crippen LogP contribution in [0.15, 0.2) is 111 Å². The van der Waals surface area contributed by atoms with E-state index in [9.17, 15) is 4.79 Å². The normalized spacial score (nSPS) is 17.3. The fraction of sp³-hybridized carbons (Fsp3) is 0.265. The highest BCUT2D eigenvalue weighted by atomic mass is 32.2. The lowest BCUT2D eigenvalue weighted by molar-refractivity contribution is -0.140. The molecule has 4 aromatic carbocycles. The number of hydrogen-bond donors (Lipinski definition) is 1. The highest BCUT2D eigenvalue weighted by Gasteiger charge is 2.29. The molecule has 0 bridgehead atoms. The van der Waals surface area contributed by atoms with Crippen molar-refractivity contribution in [3.05, 3.63) is 91.0 Å². The van der Waals surface area contributed by atoms with Crippen molar-refractivity contribution < 1.29 is 14.3 Å². The molecule has 0 amide bonds. The van der Waals surface area contributed by atoms with E-state index in [1.54, 1.807) is 11.8 Å². The topological polar surface area (TPSA) is 54.0 Å². The third-order valence-electron chi connectivity index (χ3n) is 7.95. The maximum atomic E-state index is 13.3. The number of carbonyl (C=O) groups excluding carboxylic acids is 1. The van der Waals surface area contributed by atoms with Crippen LogP contribution in [0.5, 0.6) is 5.75 Å². The van der Waals surface area contributed by atoms with E-state index in [-0.39, 0.29) is 11.9 Å². The van der Waals surface area contributed by atoms with Crippen LogP contribution in [-0.2, 0) is 9.53 Å². The molecule has 42 heavy (non-hydrogen) atoms. The van der Waals surface area contributed by atoms with Gasteiger partial charge in [-0.1, -0.05) is 66.0 Å². The van der Waals surface area contributed by atoms with E-state index in [0.29, 0.717) is 25.5 Å². The van der Waals surface area contributed by atoms with Crippen molar-refractivity contribution in [3.8, 4) is 5.75 Å². The van der Waals surface area contributed by atoms with E-state index in [1.807, 2.05) is 42.1 Å². The molecule has 1 atom stereocenters. The van der Waals surface area contributed by atoms with Crippen molar-refractivity contribution in [2.75, 3.05) is 49.6 Å². The minimum absolute atomic E-state index is 0.142. The molecule has 3 aliphatic heterocycles. The van der Waals surface area contributed by atoms with Gasteiger partial charge in [-0.25, -0.2) is 0 Å². The summed E-state index contributed by atoms with van der Waals surface area (Å²) >= 11 is 3.52. The lowest BCUT2D eigenvalue weighted by atomic mass is 9.98. The number of benzene rings is 4. The molecule has 7 rings (SSSR count). The number of para-hydroxylation sites is 4. The minimum atomic E-state index is -0.153. The number of esters is 1. The van der Waals surface area contributed by atoms with Gasteiger partial charge in [0.1, 0.15) is 0 Å². The summed E-state index contributed by atoms with van der Waals surface area (Å²) in [6.45, 7) is 4.56. The van der Waals surface area contributed by atoms with E-state index in [0.717, 1.165) is 48.7 Å². The average molecular weight is 596 g/mol. The quantitative estimate of drug-likeness (QED) is 0.111. The van der Waals surface area contributed by atoms with Gasteiger partial charge >= 0.3 is 5.97 Å². The number of carbonyl (C=O) groups is 1. The summed E-state index contributed by atoms with van der Waals surface area (Å²) in [6, 6.07) is 31.2. The Labute approximate surface area is 255 Å². The summed E-state index contributed by atoms with van der Waals surface area (Å²) in [7, 11) is 0. The number of nitrogens with zero attached hydrogens (tertiary/aromatic N) is 2. The van der Waals surface area contributed by atoms with Crippen LogP contribution in [0.4, 0.5) is 22.7 Å². The number of likely N-dealkylation sites (tertiary alicyclic amines) is 1. The lowest BCUT2D eigenvalue weighted by Gasteiger charge is -2.33. The zero-order valence-corrected chi connectivity index (χ0v) is 25.0. The smallest absolute Gasteiger partial charge is 0.315 e. The predicted molar refractivity (Wildman–Crippen MR) is 170 cm³/mol. The maximum absolute atomic E-state index is 13.3. The van der Waals surface area contributed by atoms with Gasteiger partial charge in [-0.2, -0.15) is 0 Å². The SMILES string of the molecule is O=C(Oc1cccc2c1Nc1ccccc1S2)[C@@H]1CCCN(CCOCCN2c3ccccc3Sc3ccccc32)C1. The van der Waals surface area contributed by atoms with Gasteiger partial charge < -0.3 is 24.6 Å². The molecule has 3 aliphatic rings. The number of nitrogens with one attached hydrogen (secondary N) is 1. The van der Waals surface area contributed by atoms with E-state index in [1.165, 1.54) is 26.1 Å². The second kappa shape index (κ2) is 12.4. The Morgan fingerprint density at radius 3 is 2.26 bits per heavy atom. The second-order valence-electron chi connectivity index (χ2n) is 10.7. The highest BCUT2D eigenvalue weighted by molar-refractivity contribution is 8.00. The van der Waals surface area contributed by atoms with E-state index in [4.69, 9.17) is 9.47 Å². The molecule has 214 valence electrons. The van der Waals surface area contributed by atoms with Crippen molar-refractivity contribution in [1.29, 1.82) is 0 Å². The molecule has 0 aliphatic carbocycles. The van der Waals surface area contributed by atoms with E-state index >= 15 is 0 Å². The molecule has 0 unspecified atom stereocenters. The summed E-state index contributed by atoms with van der Waals surface area (Å²) < 4.78 is 12.1. The Kier molecular flexibility index (Phi) is 8.11. The van der Waals surface area contributed by atoms with Gasteiger partial charge in [-0.3, -0.25) is 4.79 Å². The van der Waals surface area contributed by atoms with Crippen LogP contribution in [0, 0.1) is 5.92 Å². The van der Waals surface area contributed by atoms with Crippen molar-refractivity contribution in [2.45, 2.75) is 32.4 Å². The summed E-state index contributed by atoms with van der Waals surface area (Å²) in [5.74, 6) is 0.302. The van der Waals surface area contributed by atoms with Gasteiger partial charge in [0.25, 0.3) is 0 Å². The summed E-state index contributed by atoms with van der Waals surface area (Å²) in [5.41, 5.74) is 4.38. The van der Waals surface area contributed by atoms with Crippen LogP contribution in [0.2, 0.25) is 0 Å². The third kappa shape index (κ3) is 5.77. The maximum Gasteiger partial charge on any atom is 0.315 e. The molecular formula is C34H33N3O3S2. The van der Waals surface area contributed by atoms with Gasteiger partial charge in [-0.05, 0) is 67.9 Å². The Hall–Kier alpha value is -3.43. The first-order chi connectivity index (χ1) is 20.7. The lowest BCUT2D eigenvalue weighted by Crippen LogP contribution is -2.41. The number of rotatable bonds is 8. The van der Waals surface area contributed by atoms with Crippen LogP contribution in [0.1, 0.15) is 12.8 Å². The minimum Gasteiger partial charge on any atom is -0.424 e. The molecule has 6 nitrogen and oxygen atoms in total. The molecule has 1 N–H and O–H groups in total. The fourth-order valence-corrected chi connectivity index (χ4v) is 7.94. The average Bonchev–Trinajstić information content (AvgIpc) is 3.03. The van der Waals surface area contributed by atoms with Crippen LogP contribution < -0.4 is 15.0 Å². The molecule has 8 heteroatoms. The zero-order chi connectivity index (χ0) is 28.3. The Bertz CT molecular complexity index is 1550. The molecule has 0 aromatic heterocycles. The number of piperidine rings is 1. The van der Waals surface area contributed by atoms with Crippen LogP contribution in [-0.4, -0.2) is 50.3 Å². The molecule has 0 radical (unpaired) electrons. The molecular weight excluding hydrogens is 563 g/mol. The van der Waals surface area contributed by atoms with Crippen molar-refractivity contribution in [1.82, 2.24) is 4.90 Å². The van der Waals surface area contributed by atoms with Gasteiger partial charge in [0.2, 0.25) is 0 Å². The molecule has 1 fully saturated rings. The monoisotopic (exact) mass is 595 g/mol. The Morgan fingerprint density at radius 2 is 1.45 bits per heavy atom. The van der Waals surface area contributed by atoms with Crippen molar-refractivity contribution in [2.24, 2.45) is 5.92 Å². The number of hydrogen-bond acceptors (Lipinski definition) is 8. The standard InChI is InChI=1S/C34H33N3O3S2/c38-34(40-28-13-7-17-32-33(28)35-25-10-1-4-14-29(25)41-32)24-9-8-18-36(23-24)19-21-39-22-20-37-26-11-2-5-15-30(26)42-31-16-6-3-12-27(31)37/h1-7,10-17,24,35H,8-9,18-23H2/t24-/m1/s1. The van der Waals surface area contributed by atoms with Crippen molar-refractivity contribution in [3.63, 3.8) is 0 Å². The first kappa shape index (κ1) is 27.4. The first-order valence-electron chi connectivity index (χ1n) is 14.5. The first-order valence-corrected chi connectivity index (χ1v) is 16.2. The predicted octanol–water partition coefficient (Wildman–Crippen LogP) is 7.83. The molecule has 0 spiro atoms. The second-order valence-corrected chi connectivity index (χ2v) is 12.9. The fourth-order valence-electron chi connectivity index (χ4n) is 5.83. The summed E-state index contributed by atoms with van der Waals surface area (Å²) in [6.07, 6.45) is 1.83. The Balaban J connectivity index is 0.911. The molecule has 4 aromatic rings. The summed E-state index contributed by atoms with van der Waals surface area (Å²) in [4.78, 5) is 22.8. The summed E-state index contributed by atoms with van der Waals surface area (Å²) in [5, 5.41) is 3.47. The van der Waals surface area contributed by atoms with Crippen LogP contribution in [0.25, 0.3) is 0 Å². The Morgan fingerprint density at radius 1 is 0.786 bits per heavy atom. The number of anilines is 4. The third-order valence-corrected chi connectivity index (χ3v) is 10.2. The highest BCUT2D eigenvalue weighted by Crippen LogP contribution is 2.49. The largest absolute Gasteiger partial charge is 0.424 e. The van der Waals surface area contributed by atoms with Crippen LogP contribution in [0.3, 0.4) is 0 Å². The van der Waals surface area contributed by atoms with Gasteiger partial charge in [0.15, 0.2) is 5.75 Å².